The average molecular weight is 451 g/mol. The summed E-state index contributed by atoms with van der Waals surface area (Å²) in [6, 6.07) is 17.1. The van der Waals surface area contributed by atoms with Crippen LogP contribution in [0.4, 0.5) is 5.13 Å². The zero-order chi connectivity index (χ0) is 22.5. The quantitative estimate of drug-likeness (QED) is 0.296. The van der Waals surface area contributed by atoms with Crippen LogP contribution in [0.2, 0.25) is 0 Å². The molecule has 0 N–H and O–H groups in total. The van der Waals surface area contributed by atoms with Crippen molar-refractivity contribution in [2.75, 3.05) is 24.5 Å². The van der Waals surface area contributed by atoms with Gasteiger partial charge in [-0.25, -0.2) is 0 Å². The van der Waals surface area contributed by atoms with Gasteiger partial charge in [0.15, 0.2) is 0 Å². The first-order valence-corrected chi connectivity index (χ1v) is 11.1. The van der Waals surface area contributed by atoms with Crippen molar-refractivity contribution in [3.05, 3.63) is 65.7 Å². The molecule has 1 aliphatic rings. The number of anilines is 1. The van der Waals surface area contributed by atoms with Gasteiger partial charge in [-0.05, 0) is 24.6 Å². The molecule has 0 radical (unpaired) electrons. The number of aromatic nitrogens is 2. The summed E-state index contributed by atoms with van der Waals surface area (Å²) >= 11 is 1.38. The van der Waals surface area contributed by atoms with Crippen molar-refractivity contribution in [1.82, 2.24) is 15.1 Å². The molecule has 164 valence electrons. The molecule has 0 aliphatic carbocycles. The first kappa shape index (κ1) is 21.8. The van der Waals surface area contributed by atoms with Gasteiger partial charge in [-0.3, -0.25) is 24.2 Å². The molecule has 1 aromatic heterocycles. The summed E-state index contributed by atoms with van der Waals surface area (Å²) in [7, 11) is 0. The van der Waals surface area contributed by atoms with Crippen molar-refractivity contribution in [1.29, 1.82) is 0 Å². The van der Waals surface area contributed by atoms with Crippen LogP contribution in [0.1, 0.15) is 22.8 Å². The van der Waals surface area contributed by atoms with E-state index in [-0.39, 0.29) is 18.3 Å². The van der Waals surface area contributed by atoms with Crippen LogP contribution in [-0.2, 0) is 20.9 Å². The molecule has 3 aromatic rings. The van der Waals surface area contributed by atoms with Crippen LogP contribution in [0.25, 0.3) is 10.6 Å². The molecule has 1 saturated heterocycles. The molecule has 2 aromatic carbocycles. The summed E-state index contributed by atoms with van der Waals surface area (Å²) in [5.41, 5.74) is 2.65. The lowest BCUT2D eigenvalue weighted by Gasteiger charge is -2.37. The maximum absolute atomic E-state index is 12.8. The molecule has 0 bridgehead atoms. The standard InChI is InChI=1S/C23H22N4O4S/c1-2-27(21(29)18-6-4-3-5-7-18)23-25-24-20(32-23)17-10-8-16(9-11-17)12-26-13-19(14-26)22(30)31-15-28/h3-11,15,19H,2,12-14H2,1H3. The number of ether oxygens (including phenoxy) is 1. The molecule has 1 fully saturated rings. The van der Waals surface area contributed by atoms with E-state index in [1.54, 1.807) is 17.0 Å². The van der Waals surface area contributed by atoms with Crippen molar-refractivity contribution in [3.8, 4) is 10.6 Å². The maximum atomic E-state index is 12.8. The third kappa shape index (κ3) is 4.74. The Bertz CT molecular complexity index is 1090. The molecular weight excluding hydrogens is 428 g/mol. The van der Waals surface area contributed by atoms with Crippen LogP contribution in [0.15, 0.2) is 54.6 Å². The van der Waals surface area contributed by atoms with Crippen LogP contribution < -0.4 is 4.90 Å². The van der Waals surface area contributed by atoms with Crippen LogP contribution in [0.5, 0.6) is 0 Å². The number of hydrogen-bond acceptors (Lipinski definition) is 8. The van der Waals surface area contributed by atoms with E-state index in [4.69, 9.17) is 0 Å². The number of rotatable bonds is 8. The summed E-state index contributed by atoms with van der Waals surface area (Å²) in [5.74, 6) is -0.805. The molecule has 32 heavy (non-hydrogen) atoms. The molecule has 1 amide bonds. The number of benzene rings is 2. The number of carbonyl (C=O) groups excluding carboxylic acids is 3. The minimum absolute atomic E-state index is 0.101. The lowest BCUT2D eigenvalue weighted by Crippen LogP contribution is -2.50. The normalized spacial score (nSPS) is 13.9. The maximum Gasteiger partial charge on any atom is 0.319 e. The fraction of sp³-hybridized carbons (Fsp3) is 0.261. The number of likely N-dealkylation sites (tertiary alicyclic amines) is 1. The monoisotopic (exact) mass is 450 g/mol. The molecule has 9 heteroatoms. The highest BCUT2D eigenvalue weighted by atomic mass is 32.1. The first-order chi connectivity index (χ1) is 15.6. The molecule has 4 rings (SSSR count). The summed E-state index contributed by atoms with van der Waals surface area (Å²) in [6.45, 7) is 4.46. The highest BCUT2D eigenvalue weighted by Crippen LogP contribution is 2.30. The number of nitrogens with zero attached hydrogens (tertiary/aromatic N) is 4. The summed E-state index contributed by atoms with van der Waals surface area (Å²) in [4.78, 5) is 38.3. The Labute approximate surface area is 189 Å². The molecule has 2 heterocycles. The van der Waals surface area contributed by atoms with Crippen molar-refractivity contribution >= 4 is 34.8 Å². The molecule has 8 nitrogen and oxygen atoms in total. The van der Waals surface area contributed by atoms with Crippen molar-refractivity contribution in [2.24, 2.45) is 5.92 Å². The minimum atomic E-state index is -0.467. The Kier molecular flexibility index (Phi) is 6.67. The lowest BCUT2D eigenvalue weighted by molar-refractivity contribution is -0.159. The van der Waals surface area contributed by atoms with E-state index in [9.17, 15) is 14.4 Å². The van der Waals surface area contributed by atoms with Gasteiger partial charge in [0.25, 0.3) is 5.91 Å². The Morgan fingerprint density at radius 3 is 2.50 bits per heavy atom. The Hall–Kier alpha value is -3.43. The fourth-order valence-electron chi connectivity index (χ4n) is 3.55. The van der Waals surface area contributed by atoms with Gasteiger partial charge in [0, 0.05) is 37.3 Å². The lowest BCUT2D eigenvalue weighted by atomic mass is 9.99. The van der Waals surface area contributed by atoms with Gasteiger partial charge in [0.2, 0.25) is 5.13 Å². The molecule has 0 atom stereocenters. The van der Waals surface area contributed by atoms with Crippen molar-refractivity contribution in [2.45, 2.75) is 13.5 Å². The first-order valence-electron chi connectivity index (χ1n) is 10.2. The number of esters is 1. The second-order valence-corrected chi connectivity index (χ2v) is 8.38. The van der Waals surface area contributed by atoms with Gasteiger partial charge < -0.3 is 4.74 Å². The third-order valence-corrected chi connectivity index (χ3v) is 6.28. The van der Waals surface area contributed by atoms with Gasteiger partial charge in [-0.1, -0.05) is 53.8 Å². The van der Waals surface area contributed by atoms with E-state index in [0.29, 0.717) is 36.9 Å². The molecule has 0 spiro atoms. The van der Waals surface area contributed by atoms with Gasteiger partial charge in [0.1, 0.15) is 5.01 Å². The second kappa shape index (κ2) is 9.80. The van der Waals surface area contributed by atoms with Crippen molar-refractivity contribution < 1.29 is 19.1 Å². The Morgan fingerprint density at radius 2 is 1.84 bits per heavy atom. The van der Waals surface area contributed by atoms with Crippen LogP contribution >= 0.6 is 11.3 Å². The Morgan fingerprint density at radius 1 is 1.12 bits per heavy atom. The van der Waals surface area contributed by atoms with E-state index in [2.05, 4.69) is 19.8 Å². The van der Waals surface area contributed by atoms with Gasteiger partial charge in [0.05, 0.1) is 5.92 Å². The van der Waals surface area contributed by atoms with E-state index in [1.165, 1.54) is 11.3 Å². The predicted octanol–water partition coefficient (Wildman–Crippen LogP) is 3.00. The molecule has 0 unspecified atom stereocenters. The number of carbonyl (C=O) groups is 3. The largest absolute Gasteiger partial charge is 0.395 e. The van der Waals surface area contributed by atoms with Gasteiger partial charge in [-0.15, -0.1) is 10.2 Å². The summed E-state index contributed by atoms with van der Waals surface area (Å²) in [5, 5.41) is 9.83. The predicted molar refractivity (Wildman–Crippen MR) is 120 cm³/mol. The van der Waals surface area contributed by atoms with E-state index in [1.807, 2.05) is 49.4 Å². The average Bonchev–Trinajstić information content (AvgIpc) is 3.27. The molecule has 0 saturated carbocycles. The van der Waals surface area contributed by atoms with Crippen LogP contribution in [0.3, 0.4) is 0 Å². The topological polar surface area (TPSA) is 92.7 Å². The smallest absolute Gasteiger partial charge is 0.319 e. The minimum Gasteiger partial charge on any atom is -0.395 e. The Balaban J connectivity index is 1.38. The number of amides is 1. The SMILES string of the molecule is CCN(C(=O)c1ccccc1)c1nnc(-c2ccc(CN3CC(C(=O)OC=O)C3)cc2)s1. The van der Waals surface area contributed by atoms with Crippen LogP contribution in [-0.4, -0.2) is 53.1 Å². The fourth-order valence-corrected chi connectivity index (χ4v) is 4.46. The van der Waals surface area contributed by atoms with Crippen LogP contribution in [0, 0.1) is 5.92 Å². The van der Waals surface area contributed by atoms with Crippen molar-refractivity contribution in [3.63, 3.8) is 0 Å². The zero-order valence-corrected chi connectivity index (χ0v) is 18.3. The summed E-state index contributed by atoms with van der Waals surface area (Å²) < 4.78 is 4.39. The van der Waals surface area contributed by atoms with E-state index in [0.717, 1.165) is 16.1 Å². The van der Waals surface area contributed by atoms with E-state index < -0.39 is 5.97 Å². The van der Waals surface area contributed by atoms with Gasteiger partial charge in [-0.2, -0.15) is 0 Å². The highest BCUT2D eigenvalue weighted by molar-refractivity contribution is 7.18. The third-order valence-electron chi connectivity index (χ3n) is 5.29. The van der Waals surface area contributed by atoms with Gasteiger partial charge >= 0.3 is 12.4 Å². The van der Waals surface area contributed by atoms with E-state index >= 15 is 0 Å². The summed E-state index contributed by atoms with van der Waals surface area (Å²) in [6.07, 6.45) is 0. The second-order valence-electron chi connectivity index (χ2n) is 7.43. The molecule has 1 aliphatic heterocycles. The highest BCUT2D eigenvalue weighted by Gasteiger charge is 2.33. The zero-order valence-electron chi connectivity index (χ0n) is 17.5. The number of hydrogen-bond donors (Lipinski definition) is 0. The molecular formula is C23H22N4O4S.